The highest BCUT2D eigenvalue weighted by Gasteiger charge is 2.23. The Bertz CT molecular complexity index is 677. The van der Waals surface area contributed by atoms with Crippen LogP contribution in [0.2, 0.25) is 0 Å². The van der Waals surface area contributed by atoms with Crippen molar-refractivity contribution in [2.24, 2.45) is 5.92 Å². The zero-order valence-electron chi connectivity index (χ0n) is 15.3. The molecule has 1 fully saturated rings. The normalized spacial score (nSPS) is 20.7. The number of rotatable bonds is 7. The van der Waals surface area contributed by atoms with Gasteiger partial charge in [-0.1, -0.05) is 31.2 Å². The highest BCUT2D eigenvalue weighted by molar-refractivity contribution is 5.89. The number of hydrogen-bond acceptors (Lipinski definition) is 3. The van der Waals surface area contributed by atoms with Gasteiger partial charge in [-0.05, 0) is 74.6 Å². The van der Waals surface area contributed by atoms with Crippen molar-refractivity contribution >= 4 is 5.97 Å². The zero-order valence-corrected chi connectivity index (χ0v) is 15.3. The van der Waals surface area contributed by atoms with Crippen LogP contribution in [-0.4, -0.2) is 12.1 Å². The third-order valence-corrected chi connectivity index (χ3v) is 4.89. The van der Waals surface area contributed by atoms with E-state index in [4.69, 9.17) is 10.00 Å². The van der Waals surface area contributed by atoms with Crippen molar-refractivity contribution in [1.29, 1.82) is 5.26 Å². The van der Waals surface area contributed by atoms with Crippen molar-refractivity contribution in [3.05, 3.63) is 59.4 Å². The second-order valence-corrected chi connectivity index (χ2v) is 6.73. The largest absolute Gasteiger partial charge is 0.459 e. The minimum absolute atomic E-state index is 0.00722. The fourth-order valence-corrected chi connectivity index (χ4v) is 3.25. The van der Waals surface area contributed by atoms with Crippen molar-refractivity contribution in [3.63, 3.8) is 0 Å². The standard InChI is InChI=1S/C22H26FNO2/c1-2-17-8-12-19(13-9-17)22(25)26-21-14-10-18(11-15-21)6-4-3-5-7-20(23)16-24/h3,5,7-9,12-13,18,21H,2,4,6,10-11,14-15H2,1H3/b5-3+,20-7?. The molecule has 0 aliphatic heterocycles. The third kappa shape index (κ3) is 6.48. The summed E-state index contributed by atoms with van der Waals surface area (Å²) >= 11 is 0. The predicted molar refractivity (Wildman–Crippen MR) is 100 cm³/mol. The Balaban J connectivity index is 1.69. The minimum Gasteiger partial charge on any atom is -0.459 e. The molecule has 3 nitrogen and oxygen atoms in total. The van der Waals surface area contributed by atoms with Gasteiger partial charge in [-0.3, -0.25) is 0 Å². The highest BCUT2D eigenvalue weighted by Crippen LogP contribution is 2.30. The molecule has 0 amide bonds. The Kier molecular flexibility index (Phi) is 8.08. The smallest absolute Gasteiger partial charge is 0.338 e. The first kappa shape index (κ1) is 19.9. The molecule has 0 N–H and O–H groups in total. The molecule has 0 aromatic heterocycles. The van der Waals surface area contributed by atoms with Crippen LogP contribution >= 0.6 is 0 Å². The van der Waals surface area contributed by atoms with Crippen LogP contribution in [0.25, 0.3) is 0 Å². The molecule has 0 heterocycles. The first-order valence-corrected chi connectivity index (χ1v) is 9.34. The average molecular weight is 355 g/mol. The monoisotopic (exact) mass is 355 g/mol. The van der Waals surface area contributed by atoms with E-state index in [9.17, 15) is 9.18 Å². The van der Waals surface area contributed by atoms with E-state index < -0.39 is 5.83 Å². The van der Waals surface area contributed by atoms with Crippen LogP contribution in [0.15, 0.2) is 48.3 Å². The summed E-state index contributed by atoms with van der Waals surface area (Å²) in [5.74, 6) is -0.388. The number of esters is 1. The summed E-state index contributed by atoms with van der Waals surface area (Å²) in [6, 6.07) is 9.06. The van der Waals surface area contributed by atoms with E-state index in [1.165, 1.54) is 17.7 Å². The van der Waals surface area contributed by atoms with E-state index in [2.05, 4.69) is 6.92 Å². The van der Waals surface area contributed by atoms with Crippen LogP contribution in [0.1, 0.15) is 61.4 Å². The van der Waals surface area contributed by atoms with Gasteiger partial charge < -0.3 is 4.74 Å². The topological polar surface area (TPSA) is 50.1 Å². The van der Waals surface area contributed by atoms with Gasteiger partial charge in [0.1, 0.15) is 12.2 Å². The number of carbonyl (C=O) groups excluding carboxylic acids is 1. The van der Waals surface area contributed by atoms with Crippen LogP contribution in [0.5, 0.6) is 0 Å². The number of ether oxygens (including phenoxy) is 1. The number of hydrogen-bond donors (Lipinski definition) is 0. The second kappa shape index (κ2) is 10.6. The van der Waals surface area contributed by atoms with E-state index in [0.717, 1.165) is 44.9 Å². The SMILES string of the molecule is CCc1ccc(C(=O)OC2CCC(CC/C=C/C=C(F)C#N)CC2)cc1. The first-order valence-electron chi connectivity index (χ1n) is 9.34. The van der Waals surface area contributed by atoms with E-state index in [-0.39, 0.29) is 12.1 Å². The molecule has 0 radical (unpaired) electrons. The van der Waals surface area contributed by atoms with Gasteiger partial charge in [0.25, 0.3) is 0 Å². The molecule has 0 saturated heterocycles. The molecule has 4 heteroatoms. The lowest BCUT2D eigenvalue weighted by Crippen LogP contribution is -2.24. The zero-order chi connectivity index (χ0) is 18.8. The molecule has 1 aliphatic rings. The van der Waals surface area contributed by atoms with E-state index in [1.807, 2.05) is 30.3 Å². The summed E-state index contributed by atoms with van der Waals surface area (Å²) in [7, 11) is 0. The average Bonchev–Trinajstić information content (AvgIpc) is 2.68. The van der Waals surface area contributed by atoms with E-state index in [1.54, 1.807) is 6.08 Å². The number of nitriles is 1. The molecule has 0 spiro atoms. The molecular formula is C22H26FNO2. The molecule has 1 aliphatic carbocycles. The summed E-state index contributed by atoms with van der Waals surface area (Å²) in [6.07, 6.45) is 11.4. The molecule has 1 saturated carbocycles. The Labute approximate surface area is 155 Å². The van der Waals surface area contributed by atoms with Crippen LogP contribution in [0.3, 0.4) is 0 Å². The molecule has 0 atom stereocenters. The molecule has 0 bridgehead atoms. The summed E-state index contributed by atoms with van der Waals surface area (Å²) in [5, 5.41) is 8.32. The number of carbonyl (C=O) groups is 1. The summed E-state index contributed by atoms with van der Waals surface area (Å²) in [4.78, 5) is 12.2. The van der Waals surface area contributed by atoms with E-state index >= 15 is 0 Å². The molecular weight excluding hydrogens is 329 g/mol. The second-order valence-electron chi connectivity index (χ2n) is 6.73. The Morgan fingerprint density at radius 1 is 1.27 bits per heavy atom. The molecule has 1 aromatic carbocycles. The molecule has 0 unspecified atom stereocenters. The van der Waals surface area contributed by atoms with Crippen molar-refractivity contribution in [1.82, 2.24) is 0 Å². The Hall–Kier alpha value is -2.41. The van der Waals surface area contributed by atoms with Crippen LogP contribution < -0.4 is 0 Å². The Morgan fingerprint density at radius 3 is 2.58 bits per heavy atom. The van der Waals surface area contributed by atoms with Crippen LogP contribution in [0.4, 0.5) is 4.39 Å². The number of allylic oxidation sites excluding steroid dienone is 4. The molecule has 26 heavy (non-hydrogen) atoms. The van der Waals surface area contributed by atoms with Crippen LogP contribution in [-0.2, 0) is 11.2 Å². The third-order valence-electron chi connectivity index (χ3n) is 4.89. The molecule has 1 aromatic rings. The Morgan fingerprint density at radius 2 is 1.96 bits per heavy atom. The maximum absolute atomic E-state index is 12.6. The lowest BCUT2D eigenvalue weighted by Gasteiger charge is -2.28. The quantitative estimate of drug-likeness (QED) is 0.359. The number of nitrogens with zero attached hydrogens (tertiary/aromatic N) is 1. The van der Waals surface area contributed by atoms with Gasteiger partial charge in [0, 0.05) is 0 Å². The van der Waals surface area contributed by atoms with Crippen molar-refractivity contribution in [2.45, 2.75) is 58.0 Å². The lowest BCUT2D eigenvalue weighted by molar-refractivity contribution is 0.0162. The molecule has 2 rings (SSSR count). The van der Waals surface area contributed by atoms with Gasteiger partial charge in [0.15, 0.2) is 5.83 Å². The van der Waals surface area contributed by atoms with Gasteiger partial charge >= 0.3 is 5.97 Å². The summed E-state index contributed by atoms with van der Waals surface area (Å²) in [5.41, 5.74) is 1.83. The van der Waals surface area contributed by atoms with Crippen LogP contribution in [0, 0.1) is 17.2 Å². The van der Waals surface area contributed by atoms with E-state index in [0.29, 0.717) is 11.5 Å². The maximum atomic E-state index is 12.6. The number of benzene rings is 1. The van der Waals surface area contributed by atoms with Crippen molar-refractivity contribution in [3.8, 4) is 6.07 Å². The predicted octanol–water partition coefficient (Wildman–Crippen LogP) is 5.68. The van der Waals surface area contributed by atoms with Crippen molar-refractivity contribution < 1.29 is 13.9 Å². The minimum atomic E-state index is -0.770. The summed E-state index contributed by atoms with van der Waals surface area (Å²) in [6.45, 7) is 2.09. The fraction of sp³-hybridized carbons (Fsp3) is 0.455. The fourth-order valence-electron chi connectivity index (χ4n) is 3.25. The van der Waals surface area contributed by atoms with Crippen molar-refractivity contribution in [2.75, 3.05) is 0 Å². The molecule has 138 valence electrons. The van der Waals surface area contributed by atoms with Gasteiger partial charge in [-0.2, -0.15) is 9.65 Å². The number of halogens is 1. The van der Waals surface area contributed by atoms with Gasteiger partial charge in [0.05, 0.1) is 5.56 Å². The summed E-state index contributed by atoms with van der Waals surface area (Å²) < 4.78 is 18.3. The maximum Gasteiger partial charge on any atom is 0.338 e. The van der Waals surface area contributed by atoms with Gasteiger partial charge in [-0.15, -0.1) is 0 Å². The lowest BCUT2D eigenvalue weighted by atomic mass is 9.84. The number of aryl methyl sites for hydroxylation is 1. The first-order chi connectivity index (χ1) is 12.6. The van der Waals surface area contributed by atoms with Gasteiger partial charge in [-0.25, -0.2) is 4.79 Å². The highest BCUT2D eigenvalue weighted by atomic mass is 19.1. The van der Waals surface area contributed by atoms with Gasteiger partial charge in [0.2, 0.25) is 0 Å².